The van der Waals surface area contributed by atoms with Crippen LogP contribution in [0, 0.1) is 0 Å². The Morgan fingerprint density at radius 1 is 1.50 bits per heavy atom. The van der Waals surface area contributed by atoms with E-state index in [0.717, 1.165) is 20.9 Å². The van der Waals surface area contributed by atoms with Gasteiger partial charge >= 0.3 is 0 Å². The van der Waals surface area contributed by atoms with Crippen LogP contribution in [0.5, 0.6) is 0 Å². The molecule has 1 aromatic carbocycles. The molecule has 1 unspecified atom stereocenters. The van der Waals surface area contributed by atoms with Gasteiger partial charge < -0.3 is 11.1 Å². The van der Waals surface area contributed by atoms with Crippen molar-refractivity contribution in [1.82, 2.24) is 4.98 Å². The van der Waals surface area contributed by atoms with Crippen molar-refractivity contribution in [3.05, 3.63) is 39.3 Å². The number of anilines is 2. The summed E-state index contributed by atoms with van der Waals surface area (Å²) in [4.78, 5) is 4.27. The minimum absolute atomic E-state index is 0.170. The van der Waals surface area contributed by atoms with E-state index in [-0.39, 0.29) is 6.04 Å². The molecule has 1 aromatic heterocycles. The van der Waals surface area contributed by atoms with E-state index >= 15 is 0 Å². The zero-order valence-electron chi connectivity index (χ0n) is 8.77. The fourth-order valence-corrected chi connectivity index (χ4v) is 2.43. The number of nitrogens with zero attached hydrogens (tertiary/aromatic N) is 1. The first-order valence-electron chi connectivity index (χ1n) is 4.88. The van der Waals surface area contributed by atoms with Crippen LogP contribution in [0.3, 0.4) is 0 Å². The highest BCUT2D eigenvalue weighted by atomic mass is 79.9. The smallest absolute Gasteiger partial charge is 0.115 e. The van der Waals surface area contributed by atoms with Crippen LogP contribution in [0.4, 0.5) is 11.4 Å². The summed E-state index contributed by atoms with van der Waals surface area (Å²) in [7, 11) is 0. The van der Waals surface area contributed by atoms with Crippen LogP contribution in [-0.4, -0.2) is 4.98 Å². The van der Waals surface area contributed by atoms with Gasteiger partial charge in [-0.15, -0.1) is 11.3 Å². The molecule has 5 heteroatoms. The number of nitrogens with two attached hydrogens (primary N) is 1. The van der Waals surface area contributed by atoms with Gasteiger partial charge in [-0.3, -0.25) is 0 Å². The average molecular weight is 298 g/mol. The monoisotopic (exact) mass is 297 g/mol. The van der Waals surface area contributed by atoms with E-state index in [4.69, 9.17) is 5.73 Å². The molecule has 0 saturated heterocycles. The van der Waals surface area contributed by atoms with Gasteiger partial charge in [-0.25, -0.2) is 4.98 Å². The highest BCUT2D eigenvalue weighted by Gasteiger charge is 2.09. The number of nitrogen functional groups attached to an aromatic ring is 1. The Morgan fingerprint density at radius 2 is 2.31 bits per heavy atom. The Bertz CT molecular complexity index is 470. The molecule has 2 rings (SSSR count). The predicted molar refractivity (Wildman–Crippen MR) is 72.7 cm³/mol. The molecule has 0 fully saturated rings. The number of benzene rings is 1. The summed E-state index contributed by atoms with van der Waals surface area (Å²) in [5.41, 5.74) is 7.58. The van der Waals surface area contributed by atoms with E-state index in [1.165, 1.54) is 0 Å². The molecular weight excluding hydrogens is 286 g/mol. The molecule has 0 amide bonds. The Labute approximate surface area is 107 Å². The zero-order chi connectivity index (χ0) is 11.5. The number of hydrogen-bond donors (Lipinski definition) is 2. The molecule has 0 aliphatic carbocycles. The molecule has 84 valence electrons. The summed E-state index contributed by atoms with van der Waals surface area (Å²) in [5, 5.41) is 6.37. The fraction of sp³-hybridized carbons (Fsp3) is 0.182. The van der Waals surface area contributed by atoms with Gasteiger partial charge in [0.1, 0.15) is 5.01 Å². The summed E-state index contributed by atoms with van der Waals surface area (Å²) in [6, 6.07) is 5.98. The standard InChI is InChI=1S/C11H12BrN3S/c1-7(11-14-4-5-16-11)15-10-3-2-8(12)6-9(10)13/h2-7,15H,13H2,1H3. The van der Waals surface area contributed by atoms with Gasteiger partial charge in [0.05, 0.1) is 17.4 Å². The lowest BCUT2D eigenvalue weighted by molar-refractivity contribution is 0.870. The van der Waals surface area contributed by atoms with E-state index in [1.54, 1.807) is 11.3 Å². The summed E-state index contributed by atoms with van der Waals surface area (Å²) >= 11 is 5.02. The quantitative estimate of drug-likeness (QED) is 0.850. The molecule has 0 bridgehead atoms. The third kappa shape index (κ3) is 2.54. The van der Waals surface area contributed by atoms with Gasteiger partial charge in [0.25, 0.3) is 0 Å². The van der Waals surface area contributed by atoms with Crippen molar-refractivity contribution in [3.8, 4) is 0 Å². The number of rotatable bonds is 3. The fourth-order valence-electron chi connectivity index (χ4n) is 1.41. The first-order chi connectivity index (χ1) is 7.66. The normalized spacial score (nSPS) is 12.4. The van der Waals surface area contributed by atoms with Gasteiger partial charge in [0.2, 0.25) is 0 Å². The Morgan fingerprint density at radius 3 is 2.94 bits per heavy atom. The van der Waals surface area contributed by atoms with Crippen LogP contribution in [0.1, 0.15) is 18.0 Å². The lowest BCUT2D eigenvalue weighted by Gasteiger charge is -2.14. The second-order valence-electron chi connectivity index (χ2n) is 3.47. The van der Waals surface area contributed by atoms with Crippen molar-refractivity contribution >= 4 is 38.6 Å². The molecular formula is C11H12BrN3S. The average Bonchev–Trinajstić information content (AvgIpc) is 2.75. The lowest BCUT2D eigenvalue weighted by atomic mass is 10.2. The van der Waals surface area contributed by atoms with Crippen molar-refractivity contribution in [1.29, 1.82) is 0 Å². The molecule has 16 heavy (non-hydrogen) atoms. The van der Waals surface area contributed by atoms with Gasteiger partial charge in [-0.1, -0.05) is 15.9 Å². The first-order valence-corrected chi connectivity index (χ1v) is 6.55. The van der Waals surface area contributed by atoms with Crippen molar-refractivity contribution in [2.24, 2.45) is 0 Å². The summed E-state index contributed by atoms with van der Waals surface area (Å²) in [6.45, 7) is 2.07. The van der Waals surface area contributed by atoms with Gasteiger partial charge in [-0.2, -0.15) is 0 Å². The first kappa shape index (κ1) is 11.4. The maximum atomic E-state index is 5.91. The maximum absolute atomic E-state index is 5.91. The molecule has 1 atom stereocenters. The summed E-state index contributed by atoms with van der Waals surface area (Å²) < 4.78 is 0.984. The number of aromatic nitrogens is 1. The molecule has 0 aliphatic heterocycles. The number of nitrogens with one attached hydrogen (secondary N) is 1. The molecule has 1 heterocycles. The lowest BCUT2D eigenvalue weighted by Crippen LogP contribution is -2.07. The molecule has 0 saturated carbocycles. The van der Waals surface area contributed by atoms with Gasteiger partial charge in [-0.05, 0) is 25.1 Å². The molecule has 0 radical (unpaired) electrons. The number of hydrogen-bond acceptors (Lipinski definition) is 4. The van der Waals surface area contributed by atoms with Crippen molar-refractivity contribution in [3.63, 3.8) is 0 Å². The third-order valence-corrected chi connectivity index (χ3v) is 3.66. The molecule has 2 aromatic rings. The maximum Gasteiger partial charge on any atom is 0.115 e. The highest BCUT2D eigenvalue weighted by molar-refractivity contribution is 9.10. The largest absolute Gasteiger partial charge is 0.397 e. The Kier molecular flexibility index (Phi) is 3.46. The predicted octanol–water partition coefficient (Wildman–Crippen LogP) is 3.66. The van der Waals surface area contributed by atoms with Crippen molar-refractivity contribution in [2.75, 3.05) is 11.1 Å². The van der Waals surface area contributed by atoms with E-state index in [9.17, 15) is 0 Å². The summed E-state index contributed by atoms with van der Waals surface area (Å²) in [5.74, 6) is 0. The highest BCUT2D eigenvalue weighted by Crippen LogP contribution is 2.27. The zero-order valence-corrected chi connectivity index (χ0v) is 11.2. The van der Waals surface area contributed by atoms with Crippen LogP contribution in [0.25, 0.3) is 0 Å². The minimum Gasteiger partial charge on any atom is -0.397 e. The Balaban J connectivity index is 2.15. The van der Waals surface area contributed by atoms with Crippen molar-refractivity contribution < 1.29 is 0 Å². The molecule has 3 N–H and O–H groups in total. The van der Waals surface area contributed by atoms with E-state index in [2.05, 4.69) is 33.2 Å². The van der Waals surface area contributed by atoms with E-state index in [0.29, 0.717) is 0 Å². The summed E-state index contributed by atoms with van der Waals surface area (Å²) in [6.07, 6.45) is 1.81. The van der Waals surface area contributed by atoms with Crippen molar-refractivity contribution in [2.45, 2.75) is 13.0 Å². The number of halogens is 1. The van der Waals surface area contributed by atoms with Crippen LogP contribution >= 0.6 is 27.3 Å². The van der Waals surface area contributed by atoms with E-state index < -0.39 is 0 Å². The SMILES string of the molecule is CC(Nc1ccc(Br)cc1N)c1nccs1. The second-order valence-corrected chi connectivity index (χ2v) is 5.31. The van der Waals surface area contributed by atoms with Crippen LogP contribution in [-0.2, 0) is 0 Å². The van der Waals surface area contributed by atoms with Gasteiger partial charge in [0.15, 0.2) is 0 Å². The van der Waals surface area contributed by atoms with Crippen LogP contribution in [0.15, 0.2) is 34.2 Å². The van der Waals surface area contributed by atoms with Gasteiger partial charge in [0, 0.05) is 16.0 Å². The minimum atomic E-state index is 0.170. The van der Waals surface area contributed by atoms with Crippen LogP contribution < -0.4 is 11.1 Å². The van der Waals surface area contributed by atoms with Crippen LogP contribution in [0.2, 0.25) is 0 Å². The topological polar surface area (TPSA) is 50.9 Å². The third-order valence-electron chi connectivity index (χ3n) is 2.21. The molecule has 0 aliphatic rings. The molecule has 0 spiro atoms. The Hall–Kier alpha value is -1.07. The number of thiazole rings is 1. The molecule has 3 nitrogen and oxygen atoms in total. The van der Waals surface area contributed by atoms with E-state index in [1.807, 2.05) is 29.8 Å². The second kappa shape index (κ2) is 4.84.